The molecule has 22 heavy (non-hydrogen) atoms. The van der Waals surface area contributed by atoms with Gasteiger partial charge in [0.15, 0.2) is 0 Å². The summed E-state index contributed by atoms with van der Waals surface area (Å²) in [4.78, 5) is 27.9. The first-order valence-electron chi connectivity index (χ1n) is 6.94. The highest BCUT2D eigenvalue weighted by atomic mass is 32.1. The van der Waals surface area contributed by atoms with E-state index in [1.807, 2.05) is 31.2 Å². The summed E-state index contributed by atoms with van der Waals surface area (Å²) in [6, 6.07) is 7.74. The van der Waals surface area contributed by atoms with E-state index in [1.165, 1.54) is 11.3 Å². The van der Waals surface area contributed by atoms with Gasteiger partial charge in [-0.3, -0.25) is 9.59 Å². The van der Waals surface area contributed by atoms with Gasteiger partial charge in [-0.2, -0.15) is 0 Å². The van der Waals surface area contributed by atoms with E-state index >= 15 is 0 Å². The lowest BCUT2D eigenvalue weighted by Crippen LogP contribution is -2.34. The largest absolute Gasteiger partial charge is 0.481 e. The molecule has 1 aromatic heterocycles. The third kappa shape index (κ3) is 4.14. The monoisotopic (exact) mass is 318 g/mol. The highest BCUT2D eigenvalue weighted by molar-refractivity contribution is 7.11. The standard InChI is InChI=1S/C16H18N2O3S/c1-10-3-5-12(6-4-10)7-13(16(20)21)8-17-15(19)14-11(2)18-9-22-14/h3-6,9,13H,7-8H2,1-2H3,(H,17,19)(H,20,21)/t13-/m1/s1. The Bertz CT molecular complexity index is 664. The Kier molecular flexibility index (Phi) is 5.27. The fraction of sp³-hybridized carbons (Fsp3) is 0.312. The molecule has 0 spiro atoms. The van der Waals surface area contributed by atoms with Gasteiger partial charge < -0.3 is 10.4 Å². The van der Waals surface area contributed by atoms with Crippen LogP contribution >= 0.6 is 11.3 Å². The molecule has 0 unspecified atom stereocenters. The van der Waals surface area contributed by atoms with Crippen molar-refractivity contribution >= 4 is 23.2 Å². The molecule has 2 aromatic rings. The number of carboxylic acids is 1. The Morgan fingerprint density at radius 3 is 2.50 bits per heavy atom. The molecule has 5 nitrogen and oxygen atoms in total. The maximum atomic E-state index is 12.0. The number of hydrogen-bond acceptors (Lipinski definition) is 4. The molecule has 0 aliphatic carbocycles. The Morgan fingerprint density at radius 2 is 1.95 bits per heavy atom. The number of thiazole rings is 1. The number of nitrogens with one attached hydrogen (secondary N) is 1. The van der Waals surface area contributed by atoms with Gasteiger partial charge >= 0.3 is 5.97 Å². The van der Waals surface area contributed by atoms with Gasteiger partial charge in [-0.05, 0) is 25.8 Å². The van der Waals surface area contributed by atoms with Gasteiger partial charge in [0, 0.05) is 6.54 Å². The molecule has 1 atom stereocenters. The number of aromatic nitrogens is 1. The maximum absolute atomic E-state index is 12.0. The predicted octanol–water partition coefficient (Wildman–Crippen LogP) is 2.43. The smallest absolute Gasteiger partial charge is 0.308 e. The van der Waals surface area contributed by atoms with E-state index in [0.29, 0.717) is 17.0 Å². The fourth-order valence-corrected chi connectivity index (χ4v) is 2.79. The summed E-state index contributed by atoms with van der Waals surface area (Å²) in [5.41, 5.74) is 4.34. The molecule has 0 aliphatic rings. The number of carbonyl (C=O) groups is 2. The summed E-state index contributed by atoms with van der Waals surface area (Å²) in [6.07, 6.45) is 0.386. The highest BCUT2D eigenvalue weighted by Crippen LogP contribution is 2.13. The molecule has 1 amide bonds. The van der Waals surface area contributed by atoms with Crippen LogP contribution in [0, 0.1) is 19.8 Å². The summed E-state index contributed by atoms with van der Waals surface area (Å²) in [7, 11) is 0. The molecule has 6 heteroatoms. The van der Waals surface area contributed by atoms with Gasteiger partial charge in [-0.25, -0.2) is 4.98 Å². The molecule has 0 radical (unpaired) electrons. The zero-order valence-electron chi connectivity index (χ0n) is 12.5. The van der Waals surface area contributed by atoms with Gasteiger partial charge in [-0.1, -0.05) is 29.8 Å². The summed E-state index contributed by atoms with van der Waals surface area (Å²) in [6.45, 7) is 3.84. The average molecular weight is 318 g/mol. The number of amides is 1. The molecular weight excluding hydrogens is 300 g/mol. The van der Waals surface area contributed by atoms with Crippen LogP contribution in [0.5, 0.6) is 0 Å². The van der Waals surface area contributed by atoms with Crippen LogP contribution in [0.15, 0.2) is 29.8 Å². The number of carbonyl (C=O) groups excluding carboxylic acids is 1. The Balaban J connectivity index is 1.97. The molecule has 0 bridgehead atoms. The molecule has 1 aromatic carbocycles. The first kappa shape index (κ1) is 16.2. The van der Waals surface area contributed by atoms with Crippen LogP contribution in [0.4, 0.5) is 0 Å². The van der Waals surface area contributed by atoms with E-state index in [2.05, 4.69) is 10.3 Å². The van der Waals surface area contributed by atoms with Crippen LogP contribution in [-0.4, -0.2) is 28.5 Å². The number of nitrogens with zero attached hydrogens (tertiary/aromatic N) is 1. The third-order valence-corrected chi connectivity index (χ3v) is 4.34. The summed E-state index contributed by atoms with van der Waals surface area (Å²) < 4.78 is 0. The minimum absolute atomic E-state index is 0.0966. The predicted molar refractivity (Wildman–Crippen MR) is 85.2 cm³/mol. The molecule has 0 saturated carbocycles. The Morgan fingerprint density at radius 1 is 1.27 bits per heavy atom. The SMILES string of the molecule is Cc1ccc(C[C@H](CNC(=O)c2scnc2C)C(=O)O)cc1. The Labute approximate surface area is 133 Å². The number of benzene rings is 1. The van der Waals surface area contributed by atoms with Crippen molar-refractivity contribution in [1.82, 2.24) is 10.3 Å². The number of aryl methyl sites for hydroxylation is 2. The molecule has 1 heterocycles. The summed E-state index contributed by atoms with van der Waals surface area (Å²) in [5.74, 6) is -1.84. The van der Waals surface area contributed by atoms with Crippen molar-refractivity contribution in [1.29, 1.82) is 0 Å². The van der Waals surface area contributed by atoms with Crippen LogP contribution < -0.4 is 5.32 Å². The molecule has 2 N–H and O–H groups in total. The summed E-state index contributed by atoms with van der Waals surface area (Å²) >= 11 is 1.25. The van der Waals surface area contributed by atoms with Gasteiger partial charge in [0.2, 0.25) is 0 Å². The molecular formula is C16H18N2O3S. The van der Waals surface area contributed by atoms with Crippen molar-refractivity contribution in [2.75, 3.05) is 6.54 Å². The quantitative estimate of drug-likeness (QED) is 0.857. The van der Waals surface area contributed by atoms with Crippen LogP contribution in [0.3, 0.4) is 0 Å². The van der Waals surface area contributed by atoms with Crippen molar-refractivity contribution < 1.29 is 14.7 Å². The van der Waals surface area contributed by atoms with Crippen LogP contribution in [-0.2, 0) is 11.2 Å². The molecule has 0 aliphatic heterocycles. The van der Waals surface area contributed by atoms with Gasteiger partial charge in [0.05, 0.1) is 17.1 Å². The van der Waals surface area contributed by atoms with Crippen molar-refractivity contribution in [3.63, 3.8) is 0 Å². The number of aliphatic carboxylic acids is 1. The molecule has 116 valence electrons. The molecule has 0 fully saturated rings. The van der Waals surface area contributed by atoms with E-state index in [-0.39, 0.29) is 12.5 Å². The third-order valence-electron chi connectivity index (χ3n) is 3.41. The minimum Gasteiger partial charge on any atom is -0.481 e. The van der Waals surface area contributed by atoms with E-state index in [4.69, 9.17) is 0 Å². The topological polar surface area (TPSA) is 79.3 Å². The number of rotatable bonds is 6. The second-order valence-electron chi connectivity index (χ2n) is 5.20. The lowest BCUT2D eigenvalue weighted by atomic mass is 9.98. The van der Waals surface area contributed by atoms with E-state index in [1.54, 1.807) is 12.4 Å². The first-order valence-corrected chi connectivity index (χ1v) is 7.82. The zero-order valence-corrected chi connectivity index (χ0v) is 13.3. The second-order valence-corrected chi connectivity index (χ2v) is 6.06. The molecule has 2 rings (SSSR count). The Hall–Kier alpha value is -2.21. The minimum atomic E-state index is -0.915. The molecule has 0 saturated heterocycles. The lowest BCUT2D eigenvalue weighted by Gasteiger charge is -2.13. The van der Waals surface area contributed by atoms with E-state index in [9.17, 15) is 14.7 Å². The lowest BCUT2D eigenvalue weighted by molar-refractivity contribution is -0.141. The average Bonchev–Trinajstić information content (AvgIpc) is 2.91. The van der Waals surface area contributed by atoms with Crippen molar-refractivity contribution in [3.8, 4) is 0 Å². The first-order chi connectivity index (χ1) is 10.5. The van der Waals surface area contributed by atoms with Crippen LogP contribution in [0.1, 0.15) is 26.5 Å². The van der Waals surface area contributed by atoms with E-state index in [0.717, 1.165) is 11.1 Å². The number of hydrogen-bond donors (Lipinski definition) is 2. The van der Waals surface area contributed by atoms with Crippen LogP contribution in [0.25, 0.3) is 0 Å². The summed E-state index contributed by atoms with van der Waals surface area (Å²) in [5, 5.41) is 12.0. The van der Waals surface area contributed by atoms with Crippen LogP contribution in [0.2, 0.25) is 0 Å². The second kappa shape index (κ2) is 7.17. The number of carboxylic acid groups (broad SMARTS) is 1. The zero-order chi connectivity index (χ0) is 16.1. The van der Waals surface area contributed by atoms with Crippen molar-refractivity contribution in [3.05, 3.63) is 51.5 Å². The van der Waals surface area contributed by atoms with Crippen molar-refractivity contribution in [2.45, 2.75) is 20.3 Å². The van der Waals surface area contributed by atoms with Gasteiger partial charge in [-0.15, -0.1) is 11.3 Å². The maximum Gasteiger partial charge on any atom is 0.308 e. The van der Waals surface area contributed by atoms with Crippen molar-refractivity contribution in [2.24, 2.45) is 5.92 Å². The fourth-order valence-electron chi connectivity index (χ4n) is 2.07. The van der Waals surface area contributed by atoms with Gasteiger partial charge in [0.25, 0.3) is 5.91 Å². The highest BCUT2D eigenvalue weighted by Gasteiger charge is 2.20. The van der Waals surface area contributed by atoms with Gasteiger partial charge in [0.1, 0.15) is 4.88 Å². The van der Waals surface area contributed by atoms with E-state index < -0.39 is 11.9 Å². The normalized spacial score (nSPS) is 11.9.